The molecule has 0 aliphatic rings. The largest absolute Gasteiger partial charge is 0.394 e. The van der Waals surface area contributed by atoms with Crippen molar-refractivity contribution in [3.63, 3.8) is 0 Å². The van der Waals surface area contributed by atoms with Crippen LogP contribution in [0, 0.1) is 0 Å². The summed E-state index contributed by atoms with van der Waals surface area (Å²) in [5, 5.41) is 21.2. The van der Waals surface area contributed by atoms with Crippen LogP contribution < -0.4 is 5.32 Å². The molecule has 0 atom stereocenters. The Morgan fingerprint density at radius 1 is 1.43 bits per heavy atom. The summed E-state index contributed by atoms with van der Waals surface area (Å²) >= 11 is 0. The van der Waals surface area contributed by atoms with Crippen molar-refractivity contribution < 1.29 is 14.9 Å². The van der Waals surface area contributed by atoms with E-state index in [9.17, 15) is 0 Å². The van der Waals surface area contributed by atoms with E-state index in [1.54, 1.807) is 6.08 Å². The molecule has 0 heterocycles. The zero-order valence-corrected chi connectivity index (χ0v) is 8.83. The van der Waals surface area contributed by atoms with Gasteiger partial charge in [-0.3, -0.25) is 5.32 Å². The van der Waals surface area contributed by atoms with Gasteiger partial charge in [0.1, 0.15) is 0 Å². The second-order valence-corrected chi connectivity index (χ2v) is 3.26. The molecule has 4 heteroatoms. The topological polar surface area (TPSA) is 61.7 Å². The molecule has 14 heavy (non-hydrogen) atoms. The van der Waals surface area contributed by atoms with Crippen molar-refractivity contribution in [2.75, 3.05) is 26.6 Å². The molecule has 0 bridgehead atoms. The third-order valence-corrected chi connectivity index (χ3v) is 2.30. The summed E-state index contributed by atoms with van der Waals surface area (Å²) in [6.07, 6.45) is 3.25. The van der Waals surface area contributed by atoms with Crippen LogP contribution in [-0.2, 0) is 4.74 Å². The maximum absolute atomic E-state index is 9.09. The third kappa shape index (κ3) is 4.72. The Morgan fingerprint density at radius 3 is 2.50 bits per heavy atom. The Balaban J connectivity index is 3.65. The maximum atomic E-state index is 9.09. The molecule has 0 saturated carbocycles. The van der Waals surface area contributed by atoms with Crippen molar-refractivity contribution in [2.45, 2.75) is 25.3 Å². The van der Waals surface area contributed by atoms with Crippen LogP contribution in [0.3, 0.4) is 0 Å². The highest BCUT2D eigenvalue weighted by atomic mass is 16.5. The summed E-state index contributed by atoms with van der Waals surface area (Å²) in [7, 11) is 0. The fourth-order valence-electron chi connectivity index (χ4n) is 0.953. The maximum Gasteiger partial charge on any atom is 0.0971 e. The van der Waals surface area contributed by atoms with E-state index in [2.05, 4.69) is 11.9 Å². The number of hydrogen-bond acceptors (Lipinski definition) is 4. The van der Waals surface area contributed by atoms with Crippen LogP contribution in [0.15, 0.2) is 12.7 Å². The van der Waals surface area contributed by atoms with Gasteiger partial charge < -0.3 is 14.9 Å². The lowest BCUT2D eigenvalue weighted by molar-refractivity contribution is 0.0360. The van der Waals surface area contributed by atoms with Gasteiger partial charge in [-0.15, -0.1) is 6.58 Å². The molecule has 84 valence electrons. The van der Waals surface area contributed by atoms with Crippen LogP contribution in [0.1, 0.15) is 19.8 Å². The molecule has 0 saturated heterocycles. The van der Waals surface area contributed by atoms with Gasteiger partial charge in [-0.1, -0.05) is 13.0 Å². The molecule has 0 fully saturated rings. The van der Waals surface area contributed by atoms with Crippen molar-refractivity contribution in [3.05, 3.63) is 12.7 Å². The second kappa shape index (κ2) is 7.94. The van der Waals surface area contributed by atoms with Gasteiger partial charge in [0.15, 0.2) is 0 Å². The molecule has 0 aliphatic heterocycles. The van der Waals surface area contributed by atoms with Crippen LogP contribution >= 0.6 is 0 Å². The highest BCUT2D eigenvalue weighted by molar-refractivity contribution is 4.84. The molecular formula is C10H21NO3. The van der Waals surface area contributed by atoms with Crippen molar-refractivity contribution in [2.24, 2.45) is 0 Å². The van der Waals surface area contributed by atoms with Crippen LogP contribution in [0.4, 0.5) is 0 Å². The van der Waals surface area contributed by atoms with Gasteiger partial charge in [-0.2, -0.15) is 0 Å². The fraction of sp³-hybridized carbons (Fsp3) is 0.800. The quantitative estimate of drug-likeness (QED) is 0.286. The van der Waals surface area contributed by atoms with E-state index in [0.29, 0.717) is 19.8 Å². The van der Waals surface area contributed by atoms with E-state index in [-0.39, 0.29) is 13.2 Å². The van der Waals surface area contributed by atoms with Gasteiger partial charge >= 0.3 is 0 Å². The van der Waals surface area contributed by atoms with Gasteiger partial charge in [0.05, 0.1) is 32.1 Å². The highest BCUT2D eigenvalue weighted by Gasteiger charge is 2.25. The molecule has 0 aromatic rings. The smallest absolute Gasteiger partial charge is 0.0971 e. The van der Waals surface area contributed by atoms with Gasteiger partial charge in [0.2, 0.25) is 0 Å². The van der Waals surface area contributed by atoms with E-state index in [4.69, 9.17) is 14.9 Å². The molecule has 4 nitrogen and oxygen atoms in total. The number of rotatable bonds is 9. The molecule has 0 radical (unpaired) electrons. The van der Waals surface area contributed by atoms with Gasteiger partial charge in [-0.05, 0) is 12.8 Å². The standard InChI is InChI=1S/C10H21NO3/c1-3-5-6-14-9-11-10(4-2,7-12)8-13/h3,11-13H,1,4-9H2,2H3. The van der Waals surface area contributed by atoms with Gasteiger partial charge in [0.25, 0.3) is 0 Å². The lowest BCUT2D eigenvalue weighted by atomic mass is 9.99. The normalized spacial score (nSPS) is 11.6. The molecule has 0 rings (SSSR count). The fourth-order valence-corrected chi connectivity index (χ4v) is 0.953. The zero-order valence-electron chi connectivity index (χ0n) is 8.83. The van der Waals surface area contributed by atoms with E-state index in [0.717, 1.165) is 6.42 Å². The van der Waals surface area contributed by atoms with Gasteiger partial charge in [-0.25, -0.2) is 0 Å². The molecule has 0 spiro atoms. The number of aliphatic hydroxyl groups is 2. The van der Waals surface area contributed by atoms with Crippen molar-refractivity contribution in [1.82, 2.24) is 5.32 Å². The molecule has 0 unspecified atom stereocenters. The summed E-state index contributed by atoms with van der Waals surface area (Å²) in [6.45, 7) is 6.24. The van der Waals surface area contributed by atoms with E-state index >= 15 is 0 Å². The average molecular weight is 203 g/mol. The van der Waals surface area contributed by atoms with Crippen molar-refractivity contribution in [3.8, 4) is 0 Å². The Labute approximate surface area is 85.6 Å². The Hall–Kier alpha value is -0.420. The first-order chi connectivity index (χ1) is 6.74. The lowest BCUT2D eigenvalue weighted by Crippen LogP contribution is -2.52. The SMILES string of the molecule is C=CCCOCNC(CC)(CO)CO. The molecule has 0 aromatic carbocycles. The number of ether oxygens (including phenoxy) is 1. The van der Waals surface area contributed by atoms with Crippen molar-refractivity contribution >= 4 is 0 Å². The van der Waals surface area contributed by atoms with Crippen LogP contribution in [-0.4, -0.2) is 42.3 Å². The summed E-state index contributed by atoms with van der Waals surface area (Å²) in [5.74, 6) is 0. The summed E-state index contributed by atoms with van der Waals surface area (Å²) in [5.41, 5.74) is -0.617. The Bertz CT molecular complexity index is 138. The van der Waals surface area contributed by atoms with Crippen LogP contribution in [0.2, 0.25) is 0 Å². The predicted molar refractivity (Wildman–Crippen MR) is 56.0 cm³/mol. The predicted octanol–water partition coefficient (Wildman–Crippen LogP) is 0.260. The Kier molecular flexibility index (Phi) is 7.70. The van der Waals surface area contributed by atoms with Crippen molar-refractivity contribution in [1.29, 1.82) is 0 Å². The van der Waals surface area contributed by atoms with E-state index in [1.165, 1.54) is 0 Å². The van der Waals surface area contributed by atoms with E-state index in [1.807, 2.05) is 6.92 Å². The summed E-state index contributed by atoms with van der Waals surface area (Å²) in [6, 6.07) is 0. The highest BCUT2D eigenvalue weighted by Crippen LogP contribution is 2.07. The monoisotopic (exact) mass is 203 g/mol. The molecule has 0 amide bonds. The zero-order chi connectivity index (χ0) is 10.9. The summed E-state index contributed by atoms with van der Waals surface area (Å²) in [4.78, 5) is 0. The van der Waals surface area contributed by atoms with Gasteiger partial charge in [0, 0.05) is 0 Å². The molecule has 0 aromatic heterocycles. The summed E-state index contributed by atoms with van der Waals surface area (Å²) < 4.78 is 5.23. The first kappa shape index (κ1) is 13.6. The minimum absolute atomic E-state index is 0.0924. The molecular weight excluding hydrogens is 182 g/mol. The first-order valence-electron chi connectivity index (χ1n) is 4.90. The second-order valence-electron chi connectivity index (χ2n) is 3.26. The lowest BCUT2D eigenvalue weighted by Gasteiger charge is -2.29. The molecule has 3 N–H and O–H groups in total. The number of nitrogens with one attached hydrogen (secondary N) is 1. The Morgan fingerprint density at radius 2 is 2.07 bits per heavy atom. The first-order valence-corrected chi connectivity index (χ1v) is 4.90. The van der Waals surface area contributed by atoms with E-state index < -0.39 is 5.54 Å². The minimum Gasteiger partial charge on any atom is -0.394 e. The van der Waals surface area contributed by atoms with Crippen LogP contribution in [0.5, 0.6) is 0 Å². The van der Waals surface area contributed by atoms with Crippen LogP contribution in [0.25, 0.3) is 0 Å². The average Bonchev–Trinajstić information content (AvgIpc) is 2.24. The minimum atomic E-state index is -0.617. The number of hydrogen-bond donors (Lipinski definition) is 3. The molecule has 0 aliphatic carbocycles. The number of aliphatic hydroxyl groups excluding tert-OH is 2. The third-order valence-electron chi connectivity index (χ3n) is 2.30.